The van der Waals surface area contributed by atoms with Crippen molar-refractivity contribution in [3.8, 4) is 0 Å². The first kappa shape index (κ1) is 18.6. The summed E-state index contributed by atoms with van der Waals surface area (Å²) in [6.45, 7) is 4.45. The molecule has 0 aromatic heterocycles. The Balaban J connectivity index is 2.48. The number of hydrogen-bond donors (Lipinski definition) is 2. The van der Waals surface area contributed by atoms with Crippen molar-refractivity contribution in [1.82, 2.24) is 4.31 Å². The molecule has 2 rings (SSSR count). The lowest BCUT2D eigenvalue weighted by molar-refractivity contribution is -0.385. The first-order chi connectivity index (χ1) is 11.3. The van der Waals surface area contributed by atoms with E-state index in [1.54, 1.807) is 0 Å². The van der Waals surface area contributed by atoms with Gasteiger partial charge in [-0.2, -0.15) is 4.31 Å². The standard InChI is InChI=1S/C15H23N3O5S/c1-11(2)14(10-19)16-13-6-5-12(18(20)21)9-15(13)24(22,23)17-7-3-4-8-17/h5-6,9,11,14,16,19H,3-4,7-8,10H2,1-2H3/t14-/m1/s1. The number of aliphatic hydroxyl groups excluding tert-OH is 1. The van der Waals surface area contributed by atoms with Gasteiger partial charge < -0.3 is 10.4 Å². The second kappa shape index (κ2) is 7.45. The summed E-state index contributed by atoms with van der Waals surface area (Å²) >= 11 is 0. The summed E-state index contributed by atoms with van der Waals surface area (Å²) in [4.78, 5) is 10.3. The molecular weight excluding hydrogens is 334 g/mol. The Morgan fingerprint density at radius 1 is 1.33 bits per heavy atom. The predicted octanol–water partition coefficient (Wildman–Crippen LogP) is 1.81. The maximum absolute atomic E-state index is 12.9. The minimum atomic E-state index is -3.82. The molecule has 2 N–H and O–H groups in total. The molecule has 1 fully saturated rings. The molecule has 8 nitrogen and oxygen atoms in total. The zero-order valence-corrected chi connectivity index (χ0v) is 14.6. The van der Waals surface area contributed by atoms with Crippen LogP contribution in [0.1, 0.15) is 26.7 Å². The average Bonchev–Trinajstić information content (AvgIpc) is 3.07. The fourth-order valence-corrected chi connectivity index (χ4v) is 4.34. The van der Waals surface area contributed by atoms with E-state index in [2.05, 4.69) is 5.32 Å². The molecule has 0 aliphatic carbocycles. The van der Waals surface area contributed by atoms with E-state index in [4.69, 9.17) is 0 Å². The molecule has 9 heteroatoms. The third kappa shape index (κ3) is 3.85. The summed E-state index contributed by atoms with van der Waals surface area (Å²) in [5, 5.41) is 23.5. The highest BCUT2D eigenvalue weighted by atomic mass is 32.2. The summed E-state index contributed by atoms with van der Waals surface area (Å²) in [6.07, 6.45) is 1.56. The van der Waals surface area contributed by atoms with Crippen molar-refractivity contribution in [3.05, 3.63) is 28.3 Å². The third-order valence-corrected chi connectivity index (χ3v) is 6.14. The lowest BCUT2D eigenvalue weighted by atomic mass is 10.1. The first-order valence-electron chi connectivity index (χ1n) is 7.93. The van der Waals surface area contributed by atoms with Gasteiger partial charge in [-0.1, -0.05) is 13.8 Å². The highest BCUT2D eigenvalue weighted by Crippen LogP contribution is 2.31. The zero-order valence-electron chi connectivity index (χ0n) is 13.8. The molecule has 1 aromatic carbocycles. The first-order valence-corrected chi connectivity index (χ1v) is 9.37. The number of nitro benzene ring substituents is 1. The Hall–Kier alpha value is -1.71. The van der Waals surface area contributed by atoms with E-state index in [-0.39, 0.29) is 34.8 Å². The quantitative estimate of drug-likeness (QED) is 0.568. The molecule has 1 saturated heterocycles. The number of nitrogens with zero attached hydrogens (tertiary/aromatic N) is 2. The monoisotopic (exact) mass is 357 g/mol. The van der Waals surface area contributed by atoms with E-state index in [0.717, 1.165) is 18.9 Å². The Morgan fingerprint density at radius 3 is 2.46 bits per heavy atom. The summed E-state index contributed by atoms with van der Waals surface area (Å²) in [5.41, 5.74) is 0.00340. The van der Waals surface area contributed by atoms with Crippen LogP contribution in [0.2, 0.25) is 0 Å². The van der Waals surface area contributed by atoms with E-state index < -0.39 is 14.9 Å². The van der Waals surface area contributed by atoms with E-state index in [0.29, 0.717) is 13.1 Å². The Labute approximate surface area is 141 Å². The number of rotatable bonds is 7. The second-order valence-corrected chi connectivity index (χ2v) is 8.13. The SMILES string of the molecule is CC(C)[C@@H](CO)Nc1ccc([N+](=O)[O-])cc1S(=O)(=O)N1CCCC1. The van der Waals surface area contributed by atoms with Crippen LogP contribution in [-0.2, 0) is 10.0 Å². The number of aliphatic hydroxyl groups is 1. The molecule has 0 unspecified atom stereocenters. The molecule has 134 valence electrons. The van der Waals surface area contributed by atoms with Gasteiger partial charge in [0, 0.05) is 25.2 Å². The van der Waals surface area contributed by atoms with Gasteiger partial charge in [0.15, 0.2) is 0 Å². The third-order valence-electron chi connectivity index (χ3n) is 4.20. The van der Waals surface area contributed by atoms with Gasteiger partial charge in [-0.25, -0.2) is 8.42 Å². The molecule has 0 radical (unpaired) electrons. The van der Waals surface area contributed by atoms with Crippen LogP contribution in [0, 0.1) is 16.0 Å². The fourth-order valence-electron chi connectivity index (χ4n) is 2.65. The highest BCUT2D eigenvalue weighted by Gasteiger charge is 2.31. The van der Waals surface area contributed by atoms with Gasteiger partial charge in [-0.3, -0.25) is 10.1 Å². The molecule has 1 aromatic rings. The van der Waals surface area contributed by atoms with Crippen LogP contribution >= 0.6 is 0 Å². The lowest BCUT2D eigenvalue weighted by Gasteiger charge is -2.24. The summed E-state index contributed by atoms with van der Waals surface area (Å²) in [6, 6.07) is 3.40. The van der Waals surface area contributed by atoms with Crippen LogP contribution in [-0.4, -0.2) is 48.5 Å². The van der Waals surface area contributed by atoms with Crippen LogP contribution in [0.3, 0.4) is 0 Å². The molecule has 0 bridgehead atoms. The van der Waals surface area contributed by atoms with Crippen molar-refractivity contribution in [2.24, 2.45) is 5.92 Å². The molecule has 1 aliphatic rings. The van der Waals surface area contributed by atoms with Gasteiger partial charge in [0.1, 0.15) is 4.90 Å². The molecule has 1 atom stereocenters. The van der Waals surface area contributed by atoms with Gasteiger partial charge >= 0.3 is 0 Å². The number of non-ortho nitro benzene ring substituents is 1. The zero-order chi connectivity index (χ0) is 17.9. The van der Waals surface area contributed by atoms with Crippen molar-refractivity contribution in [2.75, 3.05) is 25.0 Å². The maximum atomic E-state index is 12.9. The van der Waals surface area contributed by atoms with Gasteiger partial charge in [-0.05, 0) is 24.8 Å². The molecular formula is C15H23N3O5S. The number of nitrogens with one attached hydrogen (secondary N) is 1. The smallest absolute Gasteiger partial charge is 0.270 e. The normalized spacial score (nSPS) is 17.2. The van der Waals surface area contributed by atoms with Gasteiger partial charge in [0.2, 0.25) is 10.0 Å². The second-order valence-electron chi connectivity index (χ2n) is 6.23. The number of anilines is 1. The van der Waals surface area contributed by atoms with Crippen LogP contribution in [0.25, 0.3) is 0 Å². The largest absolute Gasteiger partial charge is 0.394 e. The number of hydrogen-bond acceptors (Lipinski definition) is 6. The molecule has 24 heavy (non-hydrogen) atoms. The number of benzene rings is 1. The molecule has 0 spiro atoms. The minimum Gasteiger partial charge on any atom is -0.394 e. The summed E-state index contributed by atoms with van der Waals surface area (Å²) in [5.74, 6) is 0.0625. The van der Waals surface area contributed by atoms with Crippen molar-refractivity contribution >= 4 is 21.4 Å². The van der Waals surface area contributed by atoms with Crippen LogP contribution < -0.4 is 5.32 Å². The molecule has 0 amide bonds. The van der Waals surface area contributed by atoms with Crippen molar-refractivity contribution in [1.29, 1.82) is 0 Å². The maximum Gasteiger partial charge on any atom is 0.270 e. The number of nitro groups is 1. The summed E-state index contributed by atoms with van der Waals surface area (Å²) in [7, 11) is -3.82. The fraction of sp³-hybridized carbons (Fsp3) is 0.600. The van der Waals surface area contributed by atoms with Crippen LogP contribution in [0.5, 0.6) is 0 Å². The molecule has 1 heterocycles. The Morgan fingerprint density at radius 2 is 1.96 bits per heavy atom. The van der Waals surface area contributed by atoms with Crippen molar-refractivity contribution < 1.29 is 18.4 Å². The van der Waals surface area contributed by atoms with Gasteiger partial charge in [0.25, 0.3) is 5.69 Å². The molecule has 1 aliphatic heterocycles. The van der Waals surface area contributed by atoms with Crippen molar-refractivity contribution in [3.63, 3.8) is 0 Å². The molecule has 0 saturated carbocycles. The van der Waals surface area contributed by atoms with Crippen molar-refractivity contribution in [2.45, 2.75) is 37.6 Å². The van der Waals surface area contributed by atoms with Gasteiger partial charge in [-0.15, -0.1) is 0 Å². The predicted molar refractivity (Wildman–Crippen MR) is 90.4 cm³/mol. The van der Waals surface area contributed by atoms with Crippen LogP contribution in [0.15, 0.2) is 23.1 Å². The highest BCUT2D eigenvalue weighted by molar-refractivity contribution is 7.89. The van der Waals surface area contributed by atoms with E-state index >= 15 is 0 Å². The Bertz CT molecular complexity index is 699. The van der Waals surface area contributed by atoms with E-state index in [9.17, 15) is 23.6 Å². The van der Waals surface area contributed by atoms with E-state index in [1.807, 2.05) is 13.8 Å². The average molecular weight is 357 g/mol. The lowest BCUT2D eigenvalue weighted by Crippen LogP contribution is -2.32. The van der Waals surface area contributed by atoms with E-state index in [1.165, 1.54) is 16.4 Å². The Kier molecular flexibility index (Phi) is 5.79. The minimum absolute atomic E-state index is 0.0625. The van der Waals surface area contributed by atoms with Crippen LogP contribution in [0.4, 0.5) is 11.4 Å². The van der Waals surface area contributed by atoms with Gasteiger partial charge in [0.05, 0.1) is 23.3 Å². The summed E-state index contributed by atoms with van der Waals surface area (Å²) < 4.78 is 27.1. The topological polar surface area (TPSA) is 113 Å². The number of sulfonamides is 1.